The molecule has 2 nitrogen and oxygen atoms in total. The monoisotopic (exact) mass is 183 g/mol. The van der Waals surface area contributed by atoms with Crippen molar-refractivity contribution >= 4 is 11.3 Å². The minimum atomic E-state index is 0.138. The highest BCUT2D eigenvalue weighted by Gasteiger charge is 2.22. The van der Waals surface area contributed by atoms with Crippen molar-refractivity contribution in [3.63, 3.8) is 0 Å². The van der Waals surface area contributed by atoms with E-state index in [0.29, 0.717) is 6.04 Å². The molecule has 2 atom stereocenters. The maximum atomic E-state index is 5.56. The molecule has 66 valence electrons. The van der Waals surface area contributed by atoms with Gasteiger partial charge >= 0.3 is 0 Å². The third kappa shape index (κ3) is 1.53. The van der Waals surface area contributed by atoms with Crippen LogP contribution in [0.25, 0.3) is 0 Å². The lowest BCUT2D eigenvalue weighted by Crippen LogP contribution is -2.21. The van der Waals surface area contributed by atoms with E-state index in [4.69, 9.17) is 4.74 Å². The number of aryl methyl sites for hydroxylation is 1. The smallest absolute Gasteiger partial charge is 0.143 e. The second kappa shape index (κ2) is 3.17. The van der Waals surface area contributed by atoms with Crippen LogP contribution in [0.4, 0.5) is 0 Å². The number of hydrogen-bond acceptors (Lipinski definition) is 3. The second-order valence-corrected chi connectivity index (χ2v) is 4.55. The van der Waals surface area contributed by atoms with Crippen LogP contribution >= 0.6 is 11.3 Å². The van der Waals surface area contributed by atoms with E-state index in [1.165, 1.54) is 9.75 Å². The maximum Gasteiger partial charge on any atom is 0.143 e. The molecule has 1 fully saturated rings. The fourth-order valence-corrected chi connectivity index (χ4v) is 2.24. The van der Waals surface area contributed by atoms with Crippen molar-refractivity contribution in [1.29, 1.82) is 0 Å². The first-order valence-corrected chi connectivity index (χ1v) is 5.01. The van der Waals surface area contributed by atoms with E-state index in [9.17, 15) is 0 Å². The lowest BCUT2D eigenvalue weighted by molar-refractivity contribution is 0.104. The highest BCUT2D eigenvalue weighted by molar-refractivity contribution is 7.12. The van der Waals surface area contributed by atoms with E-state index in [1.807, 2.05) is 0 Å². The van der Waals surface area contributed by atoms with E-state index >= 15 is 0 Å². The van der Waals surface area contributed by atoms with Crippen molar-refractivity contribution < 1.29 is 4.74 Å². The number of nitrogens with one attached hydrogen (secondary N) is 1. The fourth-order valence-electron chi connectivity index (χ4n) is 1.35. The summed E-state index contributed by atoms with van der Waals surface area (Å²) in [6.45, 7) is 5.08. The highest BCUT2D eigenvalue weighted by Crippen LogP contribution is 2.26. The molecular formula is C9H13NOS. The average Bonchev–Trinajstić information content (AvgIpc) is 2.58. The molecule has 1 aliphatic heterocycles. The van der Waals surface area contributed by atoms with Gasteiger partial charge in [0.15, 0.2) is 0 Å². The summed E-state index contributed by atoms with van der Waals surface area (Å²) < 4.78 is 5.56. The lowest BCUT2D eigenvalue weighted by Gasteiger charge is -2.06. The average molecular weight is 183 g/mol. The normalized spacial score (nSPS) is 29.5. The molecule has 2 unspecified atom stereocenters. The van der Waals surface area contributed by atoms with Crippen molar-refractivity contribution in [3.05, 3.63) is 21.9 Å². The number of hydrogen-bond donors (Lipinski definition) is 1. The molecule has 2 heterocycles. The molecule has 1 aliphatic rings. The van der Waals surface area contributed by atoms with Crippen LogP contribution in [0, 0.1) is 6.92 Å². The molecule has 0 bridgehead atoms. The molecule has 1 N–H and O–H groups in total. The Labute approximate surface area is 76.6 Å². The Hall–Kier alpha value is -0.380. The van der Waals surface area contributed by atoms with Crippen LogP contribution < -0.4 is 5.32 Å². The number of rotatable bonds is 1. The molecule has 3 heteroatoms. The Kier molecular flexibility index (Phi) is 2.17. The molecular weight excluding hydrogens is 170 g/mol. The zero-order valence-corrected chi connectivity index (χ0v) is 8.15. The predicted octanol–water partition coefficient (Wildman–Crippen LogP) is 2.06. The lowest BCUT2D eigenvalue weighted by atomic mass is 10.3. The highest BCUT2D eigenvalue weighted by atomic mass is 32.1. The minimum Gasteiger partial charge on any atom is -0.357 e. The molecule has 1 aromatic heterocycles. The molecule has 0 aromatic carbocycles. The van der Waals surface area contributed by atoms with Gasteiger partial charge in [-0.15, -0.1) is 11.3 Å². The third-order valence-corrected chi connectivity index (χ3v) is 3.01. The van der Waals surface area contributed by atoms with Crippen LogP contribution in [-0.2, 0) is 4.74 Å². The van der Waals surface area contributed by atoms with E-state index in [0.717, 1.165) is 6.61 Å². The van der Waals surface area contributed by atoms with Crippen molar-refractivity contribution in [2.45, 2.75) is 26.1 Å². The van der Waals surface area contributed by atoms with Gasteiger partial charge in [-0.1, -0.05) is 0 Å². The van der Waals surface area contributed by atoms with Crippen LogP contribution in [0.5, 0.6) is 0 Å². The van der Waals surface area contributed by atoms with E-state index < -0.39 is 0 Å². The van der Waals surface area contributed by atoms with Crippen molar-refractivity contribution in [2.75, 3.05) is 6.61 Å². The fraction of sp³-hybridized carbons (Fsp3) is 0.556. The molecule has 1 aromatic rings. The minimum absolute atomic E-state index is 0.138. The molecule has 0 amide bonds. The SMILES string of the molecule is Cc1ccc(C2NC(C)CO2)s1. The summed E-state index contributed by atoms with van der Waals surface area (Å²) in [5.41, 5.74) is 0. The second-order valence-electron chi connectivity index (χ2n) is 3.23. The topological polar surface area (TPSA) is 21.3 Å². The van der Waals surface area contributed by atoms with E-state index in [1.54, 1.807) is 11.3 Å². The van der Waals surface area contributed by atoms with Gasteiger partial charge in [-0.3, -0.25) is 5.32 Å². The molecule has 2 rings (SSSR count). The quantitative estimate of drug-likeness (QED) is 0.719. The van der Waals surface area contributed by atoms with Gasteiger partial charge < -0.3 is 4.74 Å². The van der Waals surface area contributed by atoms with Crippen LogP contribution in [0.1, 0.15) is 22.9 Å². The van der Waals surface area contributed by atoms with Crippen LogP contribution in [-0.4, -0.2) is 12.6 Å². The summed E-state index contributed by atoms with van der Waals surface area (Å²) in [5.74, 6) is 0. The molecule has 0 radical (unpaired) electrons. The molecule has 1 saturated heterocycles. The summed E-state index contributed by atoms with van der Waals surface area (Å²) >= 11 is 1.80. The maximum absolute atomic E-state index is 5.56. The summed E-state index contributed by atoms with van der Waals surface area (Å²) in [6.07, 6.45) is 0.138. The first-order valence-electron chi connectivity index (χ1n) is 4.19. The largest absolute Gasteiger partial charge is 0.357 e. The van der Waals surface area contributed by atoms with Gasteiger partial charge in [0.05, 0.1) is 6.61 Å². The first-order chi connectivity index (χ1) is 5.75. The van der Waals surface area contributed by atoms with Crippen LogP contribution in [0.2, 0.25) is 0 Å². The van der Waals surface area contributed by atoms with Crippen LogP contribution in [0.3, 0.4) is 0 Å². The summed E-state index contributed by atoms with van der Waals surface area (Å²) in [4.78, 5) is 2.63. The third-order valence-electron chi connectivity index (χ3n) is 1.97. The molecule has 0 aliphatic carbocycles. The Morgan fingerprint density at radius 1 is 1.58 bits per heavy atom. The van der Waals surface area contributed by atoms with Crippen LogP contribution in [0.15, 0.2) is 12.1 Å². The standard InChI is InChI=1S/C9H13NOS/c1-6-5-11-9(10-6)8-4-3-7(2)12-8/h3-4,6,9-10H,5H2,1-2H3. The molecule has 12 heavy (non-hydrogen) atoms. The Morgan fingerprint density at radius 2 is 2.42 bits per heavy atom. The van der Waals surface area contributed by atoms with E-state index in [-0.39, 0.29) is 6.23 Å². The Balaban J connectivity index is 2.11. The molecule has 0 saturated carbocycles. The van der Waals surface area contributed by atoms with E-state index in [2.05, 4.69) is 31.3 Å². The van der Waals surface area contributed by atoms with Crippen molar-refractivity contribution in [1.82, 2.24) is 5.32 Å². The predicted molar refractivity (Wildman–Crippen MR) is 50.3 cm³/mol. The number of thiophene rings is 1. The number of ether oxygens (including phenoxy) is 1. The first kappa shape index (κ1) is 8.23. The zero-order valence-electron chi connectivity index (χ0n) is 7.33. The van der Waals surface area contributed by atoms with Gasteiger partial charge in [0.2, 0.25) is 0 Å². The molecule has 0 spiro atoms. The Morgan fingerprint density at radius 3 is 2.92 bits per heavy atom. The van der Waals surface area contributed by atoms with Gasteiger partial charge in [0.1, 0.15) is 6.23 Å². The van der Waals surface area contributed by atoms with Crippen molar-refractivity contribution in [3.8, 4) is 0 Å². The summed E-state index contributed by atoms with van der Waals surface area (Å²) in [5, 5.41) is 3.37. The van der Waals surface area contributed by atoms with Gasteiger partial charge in [0.25, 0.3) is 0 Å². The van der Waals surface area contributed by atoms with Gasteiger partial charge in [-0.2, -0.15) is 0 Å². The van der Waals surface area contributed by atoms with Gasteiger partial charge in [0, 0.05) is 15.8 Å². The van der Waals surface area contributed by atoms with Crippen molar-refractivity contribution in [2.24, 2.45) is 0 Å². The van der Waals surface area contributed by atoms with Gasteiger partial charge in [-0.05, 0) is 26.0 Å². The van der Waals surface area contributed by atoms with Gasteiger partial charge in [-0.25, -0.2) is 0 Å². The summed E-state index contributed by atoms with van der Waals surface area (Å²) in [7, 11) is 0. The summed E-state index contributed by atoms with van der Waals surface area (Å²) in [6, 6.07) is 4.75. The Bertz CT molecular complexity index is 271. The zero-order chi connectivity index (χ0) is 8.55.